The van der Waals surface area contributed by atoms with E-state index in [1.54, 1.807) is 6.07 Å². The van der Waals surface area contributed by atoms with E-state index in [1.165, 1.54) is 6.07 Å². The minimum atomic E-state index is -1.08. The van der Waals surface area contributed by atoms with Crippen LogP contribution in [0.1, 0.15) is 10.5 Å². The first kappa shape index (κ1) is 10.6. The lowest BCUT2D eigenvalue weighted by Crippen LogP contribution is -2.01. The van der Waals surface area contributed by atoms with Crippen molar-refractivity contribution in [2.24, 2.45) is 0 Å². The number of carboxylic acid groups (broad SMARTS) is 1. The van der Waals surface area contributed by atoms with E-state index >= 15 is 0 Å². The zero-order valence-corrected chi connectivity index (χ0v) is 8.98. The molecule has 2 aromatic rings. The number of halogens is 1. The Morgan fingerprint density at radius 1 is 1.19 bits per heavy atom. The number of rotatable bonds is 2. The Kier molecular flexibility index (Phi) is 2.88. The van der Waals surface area contributed by atoms with Crippen LogP contribution >= 0.6 is 11.6 Å². The molecule has 0 radical (unpaired) electrons. The first-order valence-corrected chi connectivity index (χ1v) is 5.01. The van der Waals surface area contributed by atoms with Gasteiger partial charge in [-0.3, -0.25) is 0 Å². The number of pyridine rings is 1. The Balaban J connectivity index is 2.54. The van der Waals surface area contributed by atoms with E-state index < -0.39 is 5.97 Å². The second-order valence-electron chi connectivity index (χ2n) is 3.23. The highest BCUT2D eigenvalue weighted by Crippen LogP contribution is 2.21. The van der Waals surface area contributed by atoms with Crippen molar-refractivity contribution in [2.45, 2.75) is 0 Å². The van der Waals surface area contributed by atoms with E-state index in [0.29, 0.717) is 10.7 Å². The fourth-order valence-corrected chi connectivity index (χ4v) is 1.57. The highest BCUT2D eigenvalue weighted by atomic mass is 35.5. The summed E-state index contributed by atoms with van der Waals surface area (Å²) in [6, 6.07) is 12.3. The molecule has 1 heterocycles. The zero-order valence-electron chi connectivity index (χ0n) is 8.22. The van der Waals surface area contributed by atoms with E-state index in [-0.39, 0.29) is 5.69 Å². The highest BCUT2D eigenvalue weighted by Gasteiger charge is 2.08. The molecule has 0 spiro atoms. The molecule has 1 N–H and O–H groups in total. The van der Waals surface area contributed by atoms with Crippen LogP contribution in [0.2, 0.25) is 5.02 Å². The van der Waals surface area contributed by atoms with Crippen molar-refractivity contribution in [1.29, 1.82) is 0 Å². The summed E-state index contributed by atoms with van der Waals surface area (Å²) in [5, 5.41) is 9.23. The third-order valence-corrected chi connectivity index (χ3v) is 2.30. The fourth-order valence-electron chi connectivity index (χ4n) is 1.36. The van der Waals surface area contributed by atoms with Crippen LogP contribution in [0.5, 0.6) is 0 Å². The molecule has 80 valence electrons. The van der Waals surface area contributed by atoms with Crippen molar-refractivity contribution in [3.63, 3.8) is 0 Å². The number of nitrogens with zero attached hydrogens (tertiary/aromatic N) is 1. The van der Waals surface area contributed by atoms with Crippen molar-refractivity contribution in [3.8, 4) is 11.3 Å². The van der Waals surface area contributed by atoms with Crippen molar-refractivity contribution in [2.75, 3.05) is 0 Å². The lowest BCUT2D eigenvalue weighted by molar-refractivity contribution is 0.0690. The van der Waals surface area contributed by atoms with Gasteiger partial charge in [-0.05, 0) is 12.1 Å². The average molecular weight is 234 g/mol. The van der Waals surface area contributed by atoms with Gasteiger partial charge in [0.05, 0.1) is 5.69 Å². The van der Waals surface area contributed by atoms with Crippen LogP contribution < -0.4 is 0 Å². The molecule has 1 aromatic carbocycles. The highest BCUT2D eigenvalue weighted by molar-refractivity contribution is 6.31. The molecular formula is C12H8ClNO2. The van der Waals surface area contributed by atoms with Crippen molar-refractivity contribution in [1.82, 2.24) is 4.98 Å². The third kappa shape index (κ3) is 2.20. The quantitative estimate of drug-likeness (QED) is 0.867. The number of aromatic nitrogens is 1. The van der Waals surface area contributed by atoms with Gasteiger partial charge in [-0.2, -0.15) is 0 Å². The lowest BCUT2D eigenvalue weighted by Gasteiger charge is -2.03. The number of hydrogen-bond acceptors (Lipinski definition) is 2. The van der Waals surface area contributed by atoms with Gasteiger partial charge in [0, 0.05) is 10.6 Å². The molecule has 0 fully saturated rings. The molecular weight excluding hydrogens is 226 g/mol. The maximum absolute atomic E-state index is 10.8. The first-order chi connectivity index (χ1) is 7.66. The van der Waals surface area contributed by atoms with Crippen molar-refractivity contribution >= 4 is 17.6 Å². The summed E-state index contributed by atoms with van der Waals surface area (Å²) >= 11 is 5.84. The maximum atomic E-state index is 10.8. The van der Waals surface area contributed by atoms with Crippen LogP contribution in [0, 0.1) is 0 Å². The summed E-state index contributed by atoms with van der Waals surface area (Å²) in [6.07, 6.45) is 0. The third-order valence-electron chi connectivity index (χ3n) is 2.08. The SMILES string of the molecule is O=C(O)c1cc(Cl)cc(-c2ccccc2)n1. The van der Waals surface area contributed by atoms with E-state index in [0.717, 1.165) is 5.56 Å². The Hall–Kier alpha value is -1.87. The molecule has 3 nitrogen and oxygen atoms in total. The Morgan fingerprint density at radius 2 is 1.88 bits per heavy atom. The smallest absolute Gasteiger partial charge is 0.354 e. The lowest BCUT2D eigenvalue weighted by atomic mass is 10.1. The predicted molar refractivity (Wildman–Crippen MR) is 61.6 cm³/mol. The Morgan fingerprint density at radius 3 is 2.50 bits per heavy atom. The number of hydrogen-bond donors (Lipinski definition) is 1. The first-order valence-electron chi connectivity index (χ1n) is 4.63. The molecule has 0 aliphatic heterocycles. The maximum Gasteiger partial charge on any atom is 0.354 e. The number of aromatic carboxylic acids is 1. The summed E-state index contributed by atoms with van der Waals surface area (Å²) < 4.78 is 0. The Bertz CT molecular complexity index is 526. The molecule has 0 saturated carbocycles. The van der Waals surface area contributed by atoms with Gasteiger partial charge in [-0.15, -0.1) is 0 Å². The summed E-state index contributed by atoms with van der Waals surface area (Å²) in [7, 11) is 0. The van der Waals surface area contributed by atoms with E-state index in [1.807, 2.05) is 30.3 Å². The Labute approximate surface area is 97.3 Å². The van der Waals surface area contributed by atoms with Crippen LogP contribution in [0.3, 0.4) is 0 Å². The summed E-state index contributed by atoms with van der Waals surface area (Å²) in [5.74, 6) is -1.08. The van der Waals surface area contributed by atoms with Crippen LogP contribution in [0.25, 0.3) is 11.3 Å². The molecule has 2 rings (SSSR count). The van der Waals surface area contributed by atoms with Gasteiger partial charge in [-0.25, -0.2) is 9.78 Å². The van der Waals surface area contributed by atoms with E-state index in [4.69, 9.17) is 16.7 Å². The van der Waals surface area contributed by atoms with Gasteiger partial charge in [0.15, 0.2) is 0 Å². The van der Waals surface area contributed by atoms with Crippen LogP contribution in [-0.4, -0.2) is 16.1 Å². The van der Waals surface area contributed by atoms with E-state index in [9.17, 15) is 4.79 Å². The van der Waals surface area contributed by atoms with Crippen LogP contribution in [0.15, 0.2) is 42.5 Å². The number of carbonyl (C=O) groups is 1. The summed E-state index contributed by atoms with van der Waals surface area (Å²) in [6.45, 7) is 0. The molecule has 0 aliphatic carbocycles. The van der Waals surface area contributed by atoms with Crippen LogP contribution in [-0.2, 0) is 0 Å². The number of carboxylic acids is 1. The molecule has 0 unspecified atom stereocenters. The monoisotopic (exact) mass is 233 g/mol. The molecule has 0 amide bonds. The molecule has 4 heteroatoms. The minimum Gasteiger partial charge on any atom is -0.477 e. The van der Waals surface area contributed by atoms with Crippen molar-refractivity contribution in [3.05, 3.63) is 53.2 Å². The van der Waals surface area contributed by atoms with Gasteiger partial charge in [0.1, 0.15) is 5.69 Å². The van der Waals surface area contributed by atoms with Gasteiger partial charge in [0.25, 0.3) is 0 Å². The average Bonchev–Trinajstić information content (AvgIpc) is 2.29. The predicted octanol–water partition coefficient (Wildman–Crippen LogP) is 3.10. The molecule has 16 heavy (non-hydrogen) atoms. The molecule has 1 aromatic heterocycles. The zero-order chi connectivity index (χ0) is 11.5. The number of benzene rings is 1. The van der Waals surface area contributed by atoms with Crippen molar-refractivity contribution < 1.29 is 9.90 Å². The summed E-state index contributed by atoms with van der Waals surface area (Å²) in [5.41, 5.74) is 1.35. The van der Waals surface area contributed by atoms with Gasteiger partial charge in [0.2, 0.25) is 0 Å². The summed E-state index contributed by atoms with van der Waals surface area (Å²) in [4.78, 5) is 14.8. The van der Waals surface area contributed by atoms with E-state index in [2.05, 4.69) is 4.98 Å². The topological polar surface area (TPSA) is 50.2 Å². The van der Waals surface area contributed by atoms with Gasteiger partial charge in [-0.1, -0.05) is 41.9 Å². The second-order valence-corrected chi connectivity index (χ2v) is 3.66. The largest absolute Gasteiger partial charge is 0.477 e. The molecule has 0 aliphatic rings. The fraction of sp³-hybridized carbons (Fsp3) is 0. The minimum absolute atomic E-state index is 0.0497. The normalized spacial score (nSPS) is 10.1. The van der Waals surface area contributed by atoms with Gasteiger partial charge < -0.3 is 5.11 Å². The standard InChI is InChI=1S/C12H8ClNO2/c13-9-6-10(8-4-2-1-3-5-8)14-11(7-9)12(15)16/h1-7H,(H,15,16). The molecule has 0 bridgehead atoms. The second kappa shape index (κ2) is 4.33. The molecule has 0 saturated heterocycles. The molecule has 0 atom stereocenters. The van der Waals surface area contributed by atoms with Gasteiger partial charge >= 0.3 is 5.97 Å². The van der Waals surface area contributed by atoms with Crippen LogP contribution in [0.4, 0.5) is 0 Å².